The van der Waals surface area contributed by atoms with Crippen LogP contribution in [0.1, 0.15) is 19.3 Å². The van der Waals surface area contributed by atoms with Crippen molar-refractivity contribution in [2.45, 2.75) is 25.3 Å². The maximum Gasteiger partial charge on any atom is 0.236 e. The molecule has 0 aromatic carbocycles. The van der Waals surface area contributed by atoms with Gasteiger partial charge in [-0.15, -0.1) is 0 Å². The highest BCUT2D eigenvalue weighted by atomic mass is 16.1. The molecule has 51 valence electrons. The van der Waals surface area contributed by atoms with Crippen LogP contribution in [0.4, 0.5) is 0 Å². The van der Waals surface area contributed by atoms with E-state index in [1.165, 1.54) is 0 Å². The van der Waals surface area contributed by atoms with Crippen LogP contribution in [0.5, 0.6) is 0 Å². The van der Waals surface area contributed by atoms with E-state index in [0.29, 0.717) is 0 Å². The molecule has 3 nitrogen and oxygen atoms in total. The van der Waals surface area contributed by atoms with Crippen molar-refractivity contribution < 1.29 is 4.79 Å². The fraction of sp³-hybridized carbons (Fsp3) is 0.833. The van der Waals surface area contributed by atoms with Gasteiger partial charge in [0, 0.05) is 6.54 Å². The minimum atomic E-state index is -0.269. The number of hydrogen-bond acceptors (Lipinski definition) is 1. The quantitative estimate of drug-likeness (QED) is 0.513. The van der Waals surface area contributed by atoms with E-state index in [1.54, 1.807) is 0 Å². The molecule has 0 spiro atoms. The average molecular weight is 127 g/mol. The Hall–Kier alpha value is -0.570. The molecule has 1 saturated heterocycles. The van der Waals surface area contributed by atoms with Gasteiger partial charge in [-0.2, -0.15) is 0 Å². The third kappa shape index (κ3) is 1.68. The standard InChI is InChI=1S/C6H11N2O/c7-6(9)5-3-1-2-4-8-5/h5H,1-4H2,(H2,7,9)/t5-/m1/s1. The molecule has 0 bridgehead atoms. The van der Waals surface area contributed by atoms with Crippen molar-refractivity contribution in [3.8, 4) is 0 Å². The van der Waals surface area contributed by atoms with E-state index in [2.05, 4.69) is 5.32 Å². The lowest BCUT2D eigenvalue weighted by molar-refractivity contribution is -0.120. The highest BCUT2D eigenvalue weighted by molar-refractivity contribution is 5.79. The van der Waals surface area contributed by atoms with E-state index >= 15 is 0 Å². The molecule has 3 heteroatoms. The lowest BCUT2D eigenvalue weighted by atomic mass is 10.1. The number of carbonyl (C=O) groups excluding carboxylic acids is 1. The van der Waals surface area contributed by atoms with Crippen molar-refractivity contribution in [3.05, 3.63) is 0 Å². The Morgan fingerprint density at radius 3 is 2.67 bits per heavy atom. The van der Waals surface area contributed by atoms with E-state index in [4.69, 9.17) is 5.73 Å². The monoisotopic (exact) mass is 127 g/mol. The van der Waals surface area contributed by atoms with Gasteiger partial charge in [0.1, 0.15) is 6.04 Å². The molecule has 1 amide bonds. The first-order valence-electron chi connectivity index (χ1n) is 3.26. The molecule has 0 aromatic rings. The molecule has 1 aliphatic rings. The van der Waals surface area contributed by atoms with Gasteiger partial charge < -0.3 is 5.73 Å². The molecular formula is C6H11N2O. The number of piperidine rings is 1. The van der Waals surface area contributed by atoms with Crippen LogP contribution in [0.25, 0.3) is 0 Å². The van der Waals surface area contributed by atoms with Crippen LogP contribution in [0.3, 0.4) is 0 Å². The Bertz CT molecular complexity index is 108. The summed E-state index contributed by atoms with van der Waals surface area (Å²) in [6.07, 6.45) is 3.07. The zero-order chi connectivity index (χ0) is 6.69. The summed E-state index contributed by atoms with van der Waals surface area (Å²) in [6, 6.07) is -0.182. The fourth-order valence-corrected chi connectivity index (χ4v) is 1.02. The van der Waals surface area contributed by atoms with Crippen LogP contribution < -0.4 is 11.1 Å². The molecule has 1 atom stereocenters. The Labute approximate surface area is 54.6 Å². The van der Waals surface area contributed by atoms with Crippen LogP contribution in [-0.4, -0.2) is 18.5 Å². The van der Waals surface area contributed by atoms with E-state index in [0.717, 1.165) is 25.8 Å². The van der Waals surface area contributed by atoms with Gasteiger partial charge in [-0.1, -0.05) is 0 Å². The molecule has 1 fully saturated rings. The molecule has 0 aliphatic carbocycles. The zero-order valence-corrected chi connectivity index (χ0v) is 5.34. The highest BCUT2D eigenvalue weighted by Crippen LogP contribution is 2.07. The van der Waals surface area contributed by atoms with Crippen LogP contribution in [0.15, 0.2) is 0 Å². The zero-order valence-electron chi connectivity index (χ0n) is 5.34. The van der Waals surface area contributed by atoms with Gasteiger partial charge in [-0.05, 0) is 19.3 Å². The Morgan fingerprint density at radius 1 is 1.56 bits per heavy atom. The molecular weight excluding hydrogens is 116 g/mol. The first-order chi connectivity index (χ1) is 4.30. The highest BCUT2D eigenvalue weighted by Gasteiger charge is 2.18. The second-order valence-corrected chi connectivity index (χ2v) is 2.32. The molecule has 1 rings (SSSR count). The van der Waals surface area contributed by atoms with E-state index < -0.39 is 0 Å². The molecule has 1 aliphatic heterocycles. The largest absolute Gasteiger partial charge is 0.368 e. The van der Waals surface area contributed by atoms with E-state index in [-0.39, 0.29) is 11.9 Å². The normalized spacial score (nSPS) is 27.8. The topological polar surface area (TPSA) is 57.2 Å². The number of amides is 1. The third-order valence-electron chi connectivity index (χ3n) is 1.56. The smallest absolute Gasteiger partial charge is 0.236 e. The molecule has 1 heterocycles. The predicted octanol–water partition coefficient (Wildman–Crippen LogP) is -0.371. The summed E-state index contributed by atoms with van der Waals surface area (Å²) >= 11 is 0. The van der Waals surface area contributed by atoms with Crippen LogP contribution in [0.2, 0.25) is 0 Å². The number of rotatable bonds is 1. The maximum atomic E-state index is 10.5. The summed E-state index contributed by atoms with van der Waals surface area (Å²) in [5.74, 6) is -0.269. The van der Waals surface area contributed by atoms with Crippen LogP contribution >= 0.6 is 0 Å². The summed E-state index contributed by atoms with van der Waals surface area (Å²) in [5, 5.41) is 4.05. The Kier molecular flexibility index (Phi) is 2.05. The fourth-order valence-electron chi connectivity index (χ4n) is 1.02. The van der Waals surface area contributed by atoms with Gasteiger partial charge in [0.05, 0.1) is 0 Å². The number of nitrogens with two attached hydrogens (primary N) is 1. The first-order valence-corrected chi connectivity index (χ1v) is 3.26. The average Bonchev–Trinajstić information content (AvgIpc) is 1.90. The summed E-state index contributed by atoms with van der Waals surface area (Å²) in [7, 11) is 0. The summed E-state index contributed by atoms with van der Waals surface area (Å²) in [6.45, 7) is 0.813. The first kappa shape index (κ1) is 6.55. The Balaban J connectivity index is 2.31. The number of primary amides is 1. The minimum absolute atomic E-state index is 0.182. The maximum absolute atomic E-state index is 10.5. The molecule has 1 radical (unpaired) electrons. The molecule has 0 aromatic heterocycles. The molecule has 9 heavy (non-hydrogen) atoms. The van der Waals surface area contributed by atoms with Gasteiger partial charge in [0.25, 0.3) is 0 Å². The molecule has 2 N–H and O–H groups in total. The van der Waals surface area contributed by atoms with Gasteiger partial charge in [0.15, 0.2) is 0 Å². The number of hydrogen-bond donors (Lipinski definition) is 1. The van der Waals surface area contributed by atoms with E-state index in [9.17, 15) is 4.79 Å². The van der Waals surface area contributed by atoms with Crippen molar-refractivity contribution in [2.75, 3.05) is 6.54 Å². The van der Waals surface area contributed by atoms with Crippen LogP contribution in [0, 0.1) is 0 Å². The minimum Gasteiger partial charge on any atom is -0.368 e. The van der Waals surface area contributed by atoms with Crippen molar-refractivity contribution in [3.63, 3.8) is 0 Å². The van der Waals surface area contributed by atoms with Crippen molar-refractivity contribution in [1.82, 2.24) is 5.32 Å². The second-order valence-electron chi connectivity index (χ2n) is 2.32. The van der Waals surface area contributed by atoms with Gasteiger partial charge in [0.2, 0.25) is 5.91 Å². The van der Waals surface area contributed by atoms with Gasteiger partial charge >= 0.3 is 0 Å². The lowest BCUT2D eigenvalue weighted by Gasteiger charge is -2.17. The lowest BCUT2D eigenvalue weighted by Crippen LogP contribution is -2.39. The van der Waals surface area contributed by atoms with Crippen molar-refractivity contribution in [2.24, 2.45) is 5.73 Å². The SMILES string of the molecule is NC(=O)[C@H]1CCCC[N]1. The molecule has 0 unspecified atom stereocenters. The van der Waals surface area contributed by atoms with Gasteiger partial charge in [-0.25, -0.2) is 5.32 Å². The summed E-state index contributed by atoms with van der Waals surface area (Å²) in [5.41, 5.74) is 5.03. The summed E-state index contributed by atoms with van der Waals surface area (Å²) in [4.78, 5) is 10.5. The third-order valence-corrected chi connectivity index (χ3v) is 1.56. The van der Waals surface area contributed by atoms with E-state index in [1.807, 2.05) is 0 Å². The Morgan fingerprint density at radius 2 is 2.33 bits per heavy atom. The number of carbonyl (C=O) groups is 1. The number of nitrogens with zero attached hydrogens (tertiary/aromatic N) is 1. The van der Waals surface area contributed by atoms with Crippen molar-refractivity contribution >= 4 is 5.91 Å². The molecule has 0 saturated carbocycles. The van der Waals surface area contributed by atoms with Crippen molar-refractivity contribution in [1.29, 1.82) is 0 Å². The second kappa shape index (κ2) is 2.82. The van der Waals surface area contributed by atoms with Crippen LogP contribution in [-0.2, 0) is 4.79 Å². The van der Waals surface area contributed by atoms with Gasteiger partial charge in [-0.3, -0.25) is 4.79 Å². The predicted molar refractivity (Wildman–Crippen MR) is 33.8 cm³/mol. The summed E-state index contributed by atoms with van der Waals surface area (Å²) < 4.78 is 0.